The smallest absolute Gasteiger partial charge is 0.334 e. The molecule has 0 spiro atoms. The van der Waals surface area contributed by atoms with Gasteiger partial charge in [-0.25, -0.2) is 4.79 Å². The number of hydrogen-bond donors (Lipinski definition) is 1. The molecule has 0 saturated carbocycles. The summed E-state index contributed by atoms with van der Waals surface area (Å²) in [5.41, 5.74) is 14.4. The summed E-state index contributed by atoms with van der Waals surface area (Å²) in [4.78, 5) is 17.6. The Morgan fingerprint density at radius 1 is 1.53 bits per heavy atom. The SMILES string of the molecule is [N-]=[N+]=NOC(=O)C(N)Cc1ccccc1. The van der Waals surface area contributed by atoms with E-state index in [-0.39, 0.29) is 0 Å². The predicted molar refractivity (Wildman–Crippen MR) is 53.4 cm³/mol. The van der Waals surface area contributed by atoms with E-state index in [2.05, 4.69) is 15.0 Å². The van der Waals surface area contributed by atoms with Gasteiger partial charge in [0.15, 0.2) is 0 Å². The minimum absolute atomic E-state index is 0.348. The molecule has 0 saturated heterocycles. The van der Waals surface area contributed by atoms with E-state index in [1.807, 2.05) is 30.3 Å². The molecule has 6 nitrogen and oxygen atoms in total. The lowest BCUT2D eigenvalue weighted by molar-refractivity contribution is -0.145. The Morgan fingerprint density at radius 3 is 2.80 bits per heavy atom. The molecule has 0 aromatic heterocycles. The van der Waals surface area contributed by atoms with Crippen LogP contribution in [0.2, 0.25) is 0 Å². The maximum atomic E-state index is 11.1. The fraction of sp³-hybridized carbons (Fsp3) is 0.222. The maximum absolute atomic E-state index is 11.1. The Labute approximate surface area is 86.2 Å². The molecule has 0 bridgehead atoms. The highest BCUT2D eigenvalue weighted by Gasteiger charge is 2.14. The molecule has 0 radical (unpaired) electrons. The average molecular weight is 206 g/mol. The molecular formula is C9H10N4O2. The zero-order valence-electron chi connectivity index (χ0n) is 7.91. The van der Waals surface area contributed by atoms with E-state index in [0.717, 1.165) is 5.56 Å². The standard InChI is InChI=1S/C9H10N4O2/c10-8(9(14)15-13-12-11)6-7-4-2-1-3-5-7/h1-5,8H,6,10H2. The molecule has 2 N–H and O–H groups in total. The summed E-state index contributed by atoms with van der Waals surface area (Å²) in [6.07, 6.45) is 0.348. The normalized spacial score (nSPS) is 11.3. The second kappa shape index (κ2) is 5.64. The van der Waals surface area contributed by atoms with E-state index in [0.29, 0.717) is 6.42 Å². The maximum Gasteiger partial charge on any atom is 0.334 e. The molecule has 1 rings (SSSR count). The van der Waals surface area contributed by atoms with Crippen molar-refractivity contribution in [3.63, 3.8) is 0 Å². The summed E-state index contributed by atoms with van der Waals surface area (Å²) < 4.78 is 0. The molecule has 1 aromatic carbocycles. The minimum Gasteiger partial charge on any atom is -0.357 e. The Balaban J connectivity index is 2.52. The monoisotopic (exact) mass is 206 g/mol. The van der Waals surface area contributed by atoms with Crippen molar-refractivity contribution in [2.24, 2.45) is 11.0 Å². The Bertz CT molecular complexity index is 373. The van der Waals surface area contributed by atoms with Gasteiger partial charge in [0.25, 0.3) is 0 Å². The Hall–Kier alpha value is -2.04. The van der Waals surface area contributed by atoms with Crippen LogP contribution in [0.3, 0.4) is 0 Å². The van der Waals surface area contributed by atoms with Crippen LogP contribution in [0.4, 0.5) is 0 Å². The van der Waals surface area contributed by atoms with Crippen LogP contribution in [-0.4, -0.2) is 12.0 Å². The van der Waals surface area contributed by atoms with Crippen LogP contribution in [-0.2, 0) is 16.1 Å². The van der Waals surface area contributed by atoms with Crippen LogP contribution in [0.25, 0.3) is 10.4 Å². The molecule has 78 valence electrons. The number of nitrogens with two attached hydrogens (primary N) is 1. The molecule has 0 aliphatic carbocycles. The van der Waals surface area contributed by atoms with Crippen LogP contribution in [0, 0.1) is 0 Å². The Kier molecular flexibility index (Phi) is 4.15. The summed E-state index contributed by atoms with van der Waals surface area (Å²) >= 11 is 0. The van der Waals surface area contributed by atoms with Gasteiger partial charge in [-0.3, -0.25) is 0 Å². The van der Waals surface area contributed by atoms with Gasteiger partial charge in [0.05, 0.1) is 0 Å². The Morgan fingerprint density at radius 2 is 2.20 bits per heavy atom. The van der Waals surface area contributed by atoms with Crippen LogP contribution >= 0.6 is 0 Å². The van der Waals surface area contributed by atoms with Crippen molar-refractivity contribution in [2.45, 2.75) is 12.5 Å². The van der Waals surface area contributed by atoms with E-state index >= 15 is 0 Å². The van der Waals surface area contributed by atoms with Crippen LogP contribution in [0.1, 0.15) is 5.56 Å². The fourth-order valence-corrected chi connectivity index (χ4v) is 1.08. The second-order valence-electron chi connectivity index (χ2n) is 2.88. The first-order valence-electron chi connectivity index (χ1n) is 4.29. The van der Waals surface area contributed by atoms with Gasteiger partial charge in [0.2, 0.25) is 0 Å². The van der Waals surface area contributed by atoms with Gasteiger partial charge in [-0.1, -0.05) is 30.3 Å². The molecule has 0 amide bonds. The second-order valence-corrected chi connectivity index (χ2v) is 2.88. The number of hydrogen-bond acceptors (Lipinski definition) is 4. The molecular weight excluding hydrogens is 196 g/mol. The van der Waals surface area contributed by atoms with Crippen LogP contribution in [0.5, 0.6) is 0 Å². The van der Waals surface area contributed by atoms with Crippen molar-refractivity contribution < 1.29 is 9.63 Å². The highest BCUT2D eigenvalue weighted by molar-refractivity contribution is 5.75. The molecule has 15 heavy (non-hydrogen) atoms. The minimum atomic E-state index is -0.821. The fourth-order valence-electron chi connectivity index (χ4n) is 1.08. The molecule has 0 heterocycles. The van der Waals surface area contributed by atoms with Crippen molar-refractivity contribution in [1.29, 1.82) is 0 Å². The average Bonchev–Trinajstić information content (AvgIpc) is 2.27. The van der Waals surface area contributed by atoms with Gasteiger partial charge < -0.3 is 10.6 Å². The molecule has 0 fully saturated rings. The third kappa shape index (κ3) is 3.68. The first-order valence-corrected chi connectivity index (χ1v) is 4.29. The summed E-state index contributed by atoms with van der Waals surface area (Å²) in [5, 5.41) is 2.69. The predicted octanol–water partition coefficient (Wildman–Crippen LogP) is 1.32. The number of benzene rings is 1. The van der Waals surface area contributed by atoms with E-state index < -0.39 is 12.0 Å². The molecule has 0 aliphatic heterocycles. The van der Waals surface area contributed by atoms with E-state index in [4.69, 9.17) is 11.3 Å². The quantitative estimate of drug-likeness (QED) is 0.348. The number of carbonyl (C=O) groups excluding carboxylic acids is 1. The van der Waals surface area contributed by atoms with Crippen molar-refractivity contribution in [1.82, 2.24) is 0 Å². The largest absolute Gasteiger partial charge is 0.357 e. The van der Waals surface area contributed by atoms with Crippen LogP contribution < -0.4 is 5.73 Å². The molecule has 1 unspecified atom stereocenters. The van der Waals surface area contributed by atoms with Crippen molar-refractivity contribution >= 4 is 5.97 Å². The van der Waals surface area contributed by atoms with Crippen molar-refractivity contribution in [3.8, 4) is 0 Å². The van der Waals surface area contributed by atoms with E-state index in [1.165, 1.54) is 0 Å². The van der Waals surface area contributed by atoms with Gasteiger partial charge in [-0.2, -0.15) is 0 Å². The zero-order chi connectivity index (χ0) is 11.1. The molecule has 0 aliphatic rings. The summed E-state index contributed by atoms with van der Waals surface area (Å²) in [6, 6.07) is 8.44. The van der Waals surface area contributed by atoms with Crippen LogP contribution in [0.15, 0.2) is 35.6 Å². The highest BCUT2D eigenvalue weighted by Crippen LogP contribution is 2.02. The summed E-state index contributed by atoms with van der Waals surface area (Å²) in [5.74, 6) is -0.739. The number of rotatable bonds is 4. The van der Waals surface area contributed by atoms with Gasteiger partial charge in [0.1, 0.15) is 11.3 Å². The van der Waals surface area contributed by atoms with E-state index in [1.54, 1.807) is 0 Å². The van der Waals surface area contributed by atoms with Gasteiger partial charge in [-0.05, 0) is 17.5 Å². The summed E-state index contributed by atoms with van der Waals surface area (Å²) in [6.45, 7) is 0. The highest BCUT2D eigenvalue weighted by atomic mass is 16.7. The molecule has 1 aromatic rings. The molecule has 6 heteroatoms. The van der Waals surface area contributed by atoms with Crippen molar-refractivity contribution in [2.75, 3.05) is 0 Å². The number of azide groups is 1. The lowest BCUT2D eigenvalue weighted by atomic mass is 10.1. The van der Waals surface area contributed by atoms with Gasteiger partial charge in [-0.15, -0.1) is 0 Å². The first-order chi connectivity index (χ1) is 7.24. The number of nitrogens with zero attached hydrogens (tertiary/aromatic N) is 3. The third-order valence-electron chi connectivity index (χ3n) is 1.77. The summed E-state index contributed by atoms with van der Waals surface area (Å²) in [7, 11) is 0. The molecule has 1 atom stereocenters. The number of carbonyl (C=O) groups is 1. The van der Waals surface area contributed by atoms with Gasteiger partial charge in [0, 0.05) is 4.91 Å². The zero-order valence-corrected chi connectivity index (χ0v) is 7.91. The third-order valence-corrected chi connectivity index (χ3v) is 1.77. The lowest BCUT2D eigenvalue weighted by Gasteiger charge is -2.07. The first kappa shape index (κ1) is 11.0. The van der Waals surface area contributed by atoms with E-state index in [9.17, 15) is 4.79 Å². The van der Waals surface area contributed by atoms with Gasteiger partial charge >= 0.3 is 5.97 Å². The lowest BCUT2D eigenvalue weighted by Crippen LogP contribution is -2.33. The topological polar surface area (TPSA) is 101 Å². The van der Waals surface area contributed by atoms with Crippen molar-refractivity contribution in [3.05, 3.63) is 46.3 Å².